The minimum Gasteiger partial charge on any atom is -0.490 e. The van der Waals surface area contributed by atoms with Gasteiger partial charge < -0.3 is 14.8 Å². The number of benzene rings is 2. The van der Waals surface area contributed by atoms with Gasteiger partial charge in [-0.2, -0.15) is 10.2 Å². The van der Waals surface area contributed by atoms with Crippen LogP contribution in [0.4, 0.5) is 5.69 Å². The molecule has 9 heteroatoms. The van der Waals surface area contributed by atoms with Crippen LogP contribution in [-0.2, 0) is 13.6 Å². The minimum absolute atomic E-state index is 0.231. The number of rotatable bonds is 9. The Kier molecular flexibility index (Phi) is 7.08. The van der Waals surface area contributed by atoms with Crippen molar-refractivity contribution >= 4 is 22.5 Å². The van der Waals surface area contributed by atoms with Crippen LogP contribution in [0.5, 0.6) is 11.5 Å². The number of anilines is 1. The Morgan fingerprint density at radius 1 is 0.974 bits per heavy atom. The number of pyridine rings is 1. The largest absolute Gasteiger partial charge is 0.490 e. The van der Waals surface area contributed by atoms with Crippen molar-refractivity contribution in [3.63, 3.8) is 0 Å². The van der Waals surface area contributed by atoms with Crippen LogP contribution in [0.2, 0.25) is 0 Å². The minimum atomic E-state index is -0.231. The molecule has 0 aliphatic heterocycles. The maximum absolute atomic E-state index is 13.5. The van der Waals surface area contributed by atoms with E-state index in [4.69, 9.17) is 14.5 Å². The fraction of sp³-hybridized carbons (Fsp3) is 0.241. The highest BCUT2D eigenvalue weighted by Gasteiger charge is 2.17. The molecule has 3 aromatic heterocycles. The van der Waals surface area contributed by atoms with E-state index in [1.54, 1.807) is 21.8 Å². The zero-order valence-corrected chi connectivity index (χ0v) is 21.9. The van der Waals surface area contributed by atoms with E-state index in [1.807, 2.05) is 82.5 Å². The summed E-state index contributed by atoms with van der Waals surface area (Å²) in [6.07, 6.45) is 5.23. The quantitative estimate of drug-likeness (QED) is 0.291. The topological polar surface area (TPSA) is 96.1 Å². The van der Waals surface area contributed by atoms with Crippen LogP contribution in [-0.4, -0.2) is 43.7 Å². The van der Waals surface area contributed by atoms with Gasteiger partial charge in [-0.15, -0.1) is 0 Å². The summed E-state index contributed by atoms with van der Waals surface area (Å²) in [5.74, 6) is 1.19. The number of aryl methyl sites for hydroxylation is 1. The van der Waals surface area contributed by atoms with Crippen LogP contribution >= 0.6 is 0 Å². The number of nitrogens with one attached hydrogen (secondary N) is 1. The predicted octanol–water partition coefficient (Wildman–Crippen LogP) is 5.24. The summed E-state index contributed by atoms with van der Waals surface area (Å²) >= 11 is 0. The van der Waals surface area contributed by atoms with E-state index >= 15 is 0 Å². The van der Waals surface area contributed by atoms with Crippen molar-refractivity contribution in [1.29, 1.82) is 0 Å². The molecule has 1 N–H and O–H groups in total. The molecular formula is C29H30N6O3. The smallest absolute Gasteiger partial charge is 0.256 e. The number of carbonyl (C=O) groups is 1. The van der Waals surface area contributed by atoms with E-state index in [1.165, 1.54) is 0 Å². The first-order valence-corrected chi connectivity index (χ1v) is 12.6. The molecule has 0 saturated carbocycles. The summed E-state index contributed by atoms with van der Waals surface area (Å²) in [5, 5.41) is 12.5. The summed E-state index contributed by atoms with van der Waals surface area (Å²) in [6, 6.07) is 15.3. The van der Waals surface area contributed by atoms with Gasteiger partial charge in [0.25, 0.3) is 5.91 Å². The molecule has 194 valence electrons. The first-order valence-electron chi connectivity index (χ1n) is 12.6. The number of hydrogen-bond donors (Lipinski definition) is 1. The number of hydrogen-bond acceptors (Lipinski definition) is 6. The highest BCUT2D eigenvalue weighted by atomic mass is 16.5. The predicted molar refractivity (Wildman–Crippen MR) is 147 cm³/mol. The van der Waals surface area contributed by atoms with Crippen molar-refractivity contribution in [3.05, 3.63) is 83.9 Å². The van der Waals surface area contributed by atoms with Gasteiger partial charge in [0.15, 0.2) is 11.5 Å². The summed E-state index contributed by atoms with van der Waals surface area (Å²) in [7, 11) is 1.89. The van der Waals surface area contributed by atoms with Crippen LogP contribution in [0.1, 0.15) is 35.5 Å². The second-order valence-electron chi connectivity index (χ2n) is 8.87. The molecule has 3 heterocycles. The van der Waals surface area contributed by atoms with E-state index < -0.39 is 0 Å². The molecule has 0 atom stereocenters. The molecular weight excluding hydrogens is 480 g/mol. The van der Waals surface area contributed by atoms with Crippen LogP contribution in [0.15, 0.2) is 67.1 Å². The van der Waals surface area contributed by atoms with E-state index in [2.05, 4.69) is 15.5 Å². The zero-order valence-electron chi connectivity index (χ0n) is 21.9. The number of nitrogens with zero attached hydrogens (tertiary/aromatic N) is 5. The maximum Gasteiger partial charge on any atom is 0.256 e. The Balaban J connectivity index is 1.38. The van der Waals surface area contributed by atoms with Crippen molar-refractivity contribution in [3.8, 4) is 22.8 Å². The number of para-hydroxylation sites is 1. The molecule has 0 aliphatic rings. The molecule has 0 fully saturated rings. The van der Waals surface area contributed by atoms with Gasteiger partial charge in [0.05, 0.1) is 54.6 Å². The summed E-state index contributed by atoms with van der Waals surface area (Å²) < 4.78 is 15.0. The van der Waals surface area contributed by atoms with E-state index in [-0.39, 0.29) is 5.91 Å². The molecule has 0 radical (unpaired) electrons. The first kappa shape index (κ1) is 25.0. The fourth-order valence-corrected chi connectivity index (χ4v) is 4.35. The molecule has 5 rings (SSSR count). The Hall–Kier alpha value is -4.66. The van der Waals surface area contributed by atoms with Crippen LogP contribution in [0, 0.1) is 6.92 Å². The van der Waals surface area contributed by atoms with E-state index in [0.29, 0.717) is 42.5 Å². The first-order chi connectivity index (χ1) is 18.5. The van der Waals surface area contributed by atoms with Crippen molar-refractivity contribution < 1.29 is 14.3 Å². The molecule has 0 unspecified atom stereocenters. The van der Waals surface area contributed by atoms with Crippen LogP contribution in [0.3, 0.4) is 0 Å². The van der Waals surface area contributed by atoms with Gasteiger partial charge in [-0.1, -0.05) is 24.3 Å². The van der Waals surface area contributed by atoms with Gasteiger partial charge in [-0.3, -0.25) is 14.2 Å². The van der Waals surface area contributed by atoms with Gasteiger partial charge in [0.1, 0.15) is 0 Å². The SMILES string of the molecule is CCOc1ccc(Cn2cc(NC(=O)c3cc(-c4cnn(C)c4C)nc4ccccc34)cn2)cc1OCC. The lowest BCUT2D eigenvalue weighted by atomic mass is 10.0. The van der Waals surface area contributed by atoms with Crippen molar-refractivity contribution in [1.82, 2.24) is 24.5 Å². The summed E-state index contributed by atoms with van der Waals surface area (Å²) in [6.45, 7) is 7.50. The van der Waals surface area contributed by atoms with Gasteiger partial charge in [-0.25, -0.2) is 4.98 Å². The third-order valence-corrected chi connectivity index (χ3v) is 6.32. The molecule has 5 aromatic rings. The molecule has 2 aromatic carbocycles. The van der Waals surface area contributed by atoms with Crippen LogP contribution < -0.4 is 14.8 Å². The number of ether oxygens (including phenoxy) is 2. The second-order valence-corrected chi connectivity index (χ2v) is 8.87. The normalized spacial score (nSPS) is 11.1. The monoisotopic (exact) mass is 510 g/mol. The molecule has 0 saturated heterocycles. The maximum atomic E-state index is 13.5. The molecule has 9 nitrogen and oxygen atoms in total. The Morgan fingerprint density at radius 3 is 2.53 bits per heavy atom. The summed E-state index contributed by atoms with van der Waals surface area (Å²) in [4.78, 5) is 18.2. The standard InChI is InChI=1S/C29H30N6O3/c1-5-37-27-12-11-20(13-28(27)38-6-2)17-35-18-21(15-31-35)32-29(36)23-14-26(24-16-30-34(4)19(24)3)33-25-10-8-7-9-22(23)25/h7-16,18H,5-6,17H2,1-4H3,(H,32,36). The Morgan fingerprint density at radius 2 is 1.76 bits per heavy atom. The molecule has 0 bridgehead atoms. The molecule has 38 heavy (non-hydrogen) atoms. The van der Waals surface area contributed by atoms with Crippen molar-refractivity contribution in [2.24, 2.45) is 7.05 Å². The lowest BCUT2D eigenvalue weighted by Crippen LogP contribution is -2.13. The highest BCUT2D eigenvalue weighted by Crippen LogP contribution is 2.29. The van der Waals surface area contributed by atoms with E-state index in [9.17, 15) is 4.79 Å². The zero-order chi connectivity index (χ0) is 26.6. The average molecular weight is 511 g/mol. The van der Waals surface area contributed by atoms with E-state index in [0.717, 1.165) is 33.5 Å². The fourth-order valence-electron chi connectivity index (χ4n) is 4.35. The molecule has 1 amide bonds. The van der Waals surface area contributed by atoms with Gasteiger partial charge in [-0.05, 0) is 50.6 Å². The summed E-state index contributed by atoms with van der Waals surface area (Å²) in [5.41, 5.74) is 5.46. The third-order valence-electron chi connectivity index (χ3n) is 6.32. The number of aromatic nitrogens is 5. The lowest BCUT2D eigenvalue weighted by molar-refractivity contribution is 0.102. The van der Waals surface area contributed by atoms with Crippen LogP contribution in [0.25, 0.3) is 22.2 Å². The Labute approximate surface area is 221 Å². The average Bonchev–Trinajstić information content (AvgIpc) is 3.50. The highest BCUT2D eigenvalue weighted by molar-refractivity contribution is 6.13. The van der Waals surface area contributed by atoms with Gasteiger partial charge in [0, 0.05) is 29.9 Å². The number of fused-ring (bicyclic) bond motifs is 1. The third kappa shape index (κ3) is 5.08. The molecule has 0 aliphatic carbocycles. The number of carbonyl (C=O) groups excluding carboxylic acids is 1. The molecule has 0 spiro atoms. The van der Waals surface area contributed by atoms with Gasteiger partial charge in [0.2, 0.25) is 0 Å². The van der Waals surface area contributed by atoms with Gasteiger partial charge >= 0.3 is 0 Å². The second kappa shape index (κ2) is 10.8. The number of amides is 1. The van der Waals surface area contributed by atoms with Crippen molar-refractivity contribution in [2.45, 2.75) is 27.3 Å². The lowest BCUT2D eigenvalue weighted by Gasteiger charge is -2.12. The van der Waals surface area contributed by atoms with Crippen molar-refractivity contribution in [2.75, 3.05) is 18.5 Å². The Bertz CT molecular complexity index is 1600.